The van der Waals surface area contributed by atoms with Crippen molar-refractivity contribution in [1.29, 1.82) is 0 Å². The number of carbonyl (C=O) groups excluding carboxylic acids is 1. The second kappa shape index (κ2) is 7.59. The number of H-pyrrole nitrogens is 2. The summed E-state index contributed by atoms with van der Waals surface area (Å²) < 4.78 is 5.29. The van der Waals surface area contributed by atoms with Gasteiger partial charge in [-0.25, -0.2) is 4.98 Å². The van der Waals surface area contributed by atoms with Gasteiger partial charge in [0.25, 0.3) is 5.91 Å². The van der Waals surface area contributed by atoms with Crippen molar-refractivity contribution in [1.82, 2.24) is 25.5 Å². The second-order valence-corrected chi connectivity index (χ2v) is 6.21. The van der Waals surface area contributed by atoms with Crippen molar-refractivity contribution in [2.24, 2.45) is 0 Å². The number of para-hydroxylation sites is 2. The van der Waals surface area contributed by atoms with E-state index in [1.165, 1.54) is 0 Å². The third-order valence-corrected chi connectivity index (χ3v) is 4.41. The summed E-state index contributed by atoms with van der Waals surface area (Å²) in [7, 11) is 0. The lowest BCUT2D eigenvalue weighted by atomic mass is 10.1. The zero-order valence-electron chi connectivity index (χ0n) is 15.1. The first-order valence-electron chi connectivity index (χ1n) is 9.06. The lowest BCUT2D eigenvalue weighted by Gasteiger charge is -2.05. The van der Waals surface area contributed by atoms with Crippen molar-refractivity contribution >= 4 is 27.8 Å². The van der Waals surface area contributed by atoms with E-state index in [0.717, 1.165) is 28.5 Å². The minimum atomic E-state index is -0.137. The first kappa shape index (κ1) is 17.2. The summed E-state index contributed by atoms with van der Waals surface area (Å²) >= 11 is 0. The Morgan fingerprint density at radius 2 is 2.00 bits per heavy atom. The van der Waals surface area contributed by atoms with E-state index in [2.05, 4.69) is 25.5 Å². The van der Waals surface area contributed by atoms with E-state index in [1.807, 2.05) is 43.3 Å². The number of carbonyl (C=O) groups is 1. The van der Waals surface area contributed by atoms with Gasteiger partial charge < -0.3 is 15.0 Å². The molecule has 2 aromatic heterocycles. The van der Waals surface area contributed by atoms with E-state index >= 15 is 0 Å². The van der Waals surface area contributed by atoms with Crippen LogP contribution in [0.4, 0.5) is 0 Å². The lowest BCUT2D eigenvalue weighted by molar-refractivity contribution is 0.0945. The summed E-state index contributed by atoms with van der Waals surface area (Å²) in [5.74, 6) is 0.501. The maximum Gasteiger partial charge on any atom is 0.253 e. The maximum absolute atomic E-state index is 12.6. The third kappa shape index (κ3) is 3.41. The van der Waals surface area contributed by atoms with Gasteiger partial charge in [-0.05, 0) is 31.5 Å². The lowest BCUT2D eigenvalue weighted by Crippen LogP contribution is -2.25. The molecule has 0 fully saturated rings. The molecule has 0 bridgehead atoms. The number of benzene rings is 2. The molecule has 0 radical (unpaired) electrons. The molecular weight excluding hydrogens is 342 g/mol. The van der Waals surface area contributed by atoms with Gasteiger partial charge in [0.1, 0.15) is 11.2 Å². The van der Waals surface area contributed by atoms with Crippen LogP contribution in [0.25, 0.3) is 33.5 Å². The zero-order valence-corrected chi connectivity index (χ0v) is 15.1. The number of aromatic amines is 2. The average Bonchev–Trinajstić information content (AvgIpc) is 3.31. The number of nitrogens with zero attached hydrogens (tertiary/aromatic N) is 2. The largest absolute Gasteiger partial charge is 0.382 e. The molecule has 4 aromatic rings. The summed E-state index contributed by atoms with van der Waals surface area (Å²) in [5, 5.41) is 11.3. The molecule has 2 heterocycles. The van der Waals surface area contributed by atoms with Gasteiger partial charge >= 0.3 is 0 Å². The number of nitrogens with one attached hydrogen (secondary N) is 3. The molecular formula is C20H21N5O2. The Morgan fingerprint density at radius 3 is 2.89 bits per heavy atom. The smallest absolute Gasteiger partial charge is 0.253 e. The molecule has 0 spiro atoms. The molecule has 0 aliphatic carbocycles. The van der Waals surface area contributed by atoms with Crippen molar-refractivity contribution in [3.63, 3.8) is 0 Å². The molecule has 27 heavy (non-hydrogen) atoms. The van der Waals surface area contributed by atoms with Crippen LogP contribution in [0.1, 0.15) is 23.7 Å². The number of amides is 1. The molecule has 0 unspecified atom stereocenters. The predicted molar refractivity (Wildman–Crippen MR) is 105 cm³/mol. The first-order chi connectivity index (χ1) is 13.3. The van der Waals surface area contributed by atoms with E-state index in [0.29, 0.717) is 36.7 Å². The molecule has 0 aliphatic heterocycles. The van der Waals surface area contributed by atoms with E-state index in [1.54, 1.807) is 6.07 Å². The summed E-state index contributed by atoms with van der Waals surface area (Å²) in [5.41, 5.74) is 3.68. The summed E-state index contributed by atoms with van der Waals surface area (Å²) in [6, 6.07) is 13.4. The number of imidazole rings is 1. The Hall–Kier alpha value is -3.19. The van der Waals surface area contributed by atoms with Gasteiger partial charge in [0.2, 0.25) is 0 Å². The highest BCUT2D eigenvalue weighted by Crippen LogP contribution is 2.27. The summed E-state index contributed by atoms with van der Waals surface area (Å²) in [4.78, 5) is 20.5. The molecule has 2 aromatic carbocycles. The van der Waals surface area contributed by atoms with Gasteiger partial charge in [0.15, 0.2) is 5.82 Å². The van der Waals surface area contributed by atoms with Crippen molar-refractivity contribution in [3.8, 4) is 11.5 Å². The van der Waals surface area contributed by atoms with Crippen molar-refractivity contribution in [2.75, 3.05) is 19.8 Å². The van der Waals surface area contributed by atoms with Gasteiger partial charge in [-0.3, -0.25) is 9.89 Å². The van der Waals surface area contributed by atoms with Gasteiger partial charge in [-0.2, -0.15) is 5.10 Å². The Kier molecular flexibility index (Phi) is 4.84. The highest BCUT2D eigenvalue weighted by atomic mass is 16.5. The topological polar surface area (TPSA) is 95.7 Å². The van der Waals surface area contributed by atoms with Gasteiger partial charge in [-0.15, -0.1) is 0 Å². The zero-order chi connectivity index (χ0) is 18.6. The van der Waals surface area contributed by atoms with Gasteiger partial charge in [0, 0.05) is 25.1 Å². The molecule has 0 aliphatic rings. The monoisotopic (exact) mass is 363 g/mol. The molecule has 0 saturated heterocycles. The number of hydrogen-bond donors (Lipinski definition) is 3. The molecule has 3 N–H and O–H groups in total. The number of hydrogen-bond acceptors (Lipinski definition) is 4. The molecule has 4 rings (SSSR count). The van der Waals surface area contributed by atoms with Gasteiger partial charge in [-0.1, -0.05) is 24.3 Å². The minimum absolute atomic E-state index is 0.137. The molecule has 7 nitrogen and oxygen atoms in total. The number of rotatable bonds is 7. The van der Waals surface area contributed by atoms with Crippen LogP contribution in [-0.2, 0) is 4.74 Å². The molecule has 0 atom stereocenters. The Bertz CT molecular complexity index is 1080. The van der Waals surface area contributed by atoms with E-state index < -0.39 is 0 Å². The number of fused-ring (bicyclic) bond motifs is 2. The average molecular weight is 363 g/mol. The van der Waals surface area contributed by atoms with Crippen molar-refractivity contribution in [2.45, 2.75) is 13.3 Å². The summed E-state index contributed by atoms with van der Waals surface area (Å²) in [6.45, 7) is 3.85. The van der Waals surface area contributed by atoms with Crippen molar-refractivity contribution in [3.05, 3.63) is 48.0 Å². The fourth-order valence-corrected chi connectivity index (χ4v) is 3.09. The van der Waals surface area contributed by atoms with Crippen LogP contribution in [-0.4, -0.2) is 45.8 Å². The fraction of sp³-hybridized carbons (Fsp3) is 0.250. The fourth-order valence-electron chi connectivity index (χ4n) is 3.09. The highest BCUT2D eigenvalue weighted by molar-refractivity contribution is 6.05. The summed E-state index contributed by atoms with van der Waals surface area (Å²) in [6.07, 6.45) is 0.778. The maximum atomic E-state index is 12.6. The van der Waals surface area contributed by atoms with Crippen LogP contribution in [0, 0.1) is 0 Å². The van der Waals surface area contributed by atoms with Crippen LogP contribution in [0.2, 0.25) is 0 Å². The normalized spacial score (nSPS) is 11.3. The Morgan fingerprint density at radius 1 is 1.15 bits per heavy atom. The van der Waals surface area contributed by atoms with E-state index in [-0.39, 0.29) is 5.91 Å². The number of aromatic nitrogens is 4. The minimum Gasteiger partial charge on any atom is -0.382 e. The van der Waals surface area contributed by atoms with Crippen LogP contribution >= 0.6 is 0 Å². The second-order valence-electron chi connectivity index (χ2n) is 6.21. The molecule has 0 saturated carbocycles. The van der Waals surface area contributed by atoms with Crippen LogP contribution in [0.5, 0.6) is 0 Å². The molecule has 1 amide bonds. The van der Waals surface area contributed by atoms with Crippen LogP contribution < -0.4 is 5.32 Å². The Labute approximate surface area is 156 Å². The number of ether oxygens (including phenoxy) is 1. The third-order valence-electron chi connectivity index (χ3n) is 4.41. The van der Waals surface area contributed by atoms with E-state index in [9.17, 15) is 4.79 Å². The predicted octanol–water partition coefficient (Wildman–Crippen LogP) is 3.26. The highest BCUT2D eigenvalue weighted by Gasteiger charge is 2.16. The van der Waals surface area contributed by atoms with Crippen molar-refractivity contribution < 1.29 is 9.53 Å². The molecule has 7 heteroatoms. The quantitative estimate of drug-likeness (QED) is 0.439. The molecule has 138 valence electrons. The SMILES string of the molecule is CCOCCCNC(=O)c1cccc2[nH]c(-c3n[nH]c4ccccc34)nc12. The van der Waals surface area contributed by atoms with Crippen LogP contribution in [0.3, 0.4) is 0 Å². The van der Waals surface area contributed by atoms with Crippen LogP contribution in [0.15, 0.2) is 42.5 Å². The standard InChI is InChI=1S/C20H21N5O2/c1-2-27-12-6-11-21-20(26)14-8-5-10-16-17(14)23-19(22-16)18-13-7-3-4-9-15(13)24-25-18/h3-5,7-10H,2,6,11-12H2,1H3,(H,21,26)(H,22,23)(H,24,25). The first-order valence-corrected chi connectivity index (χ1v) is 9.06. The Balaban J connectivity index is 1.61. The van der Waals surface area contributed by atoms with Gasteiger partial charge in [0.05, 0.1) is 16.6 Å². The van der Waals surface area contributed by atoms with E-state index in [4.69, 9.17) is 4.74 Å².